The molecule has 0 aromatic heterocycles. The molecule has 1 aromatic rings. The summed E-state index contributed by atoms with van der Waals surface area (Å²) in [5.41, 5.74) is 0.118. The summed E-state index contributed by atoms with van der Waals surface area (Å²) in [4.78, 5) is 19.9. The zero-order valence-corrected chi connectivity index (χ0v) is 17.8. The molecular weight excluding hydrogens is 362 g/mol. The third-order valence-electron chi connectivity index (χ3n) is 7.17. The lowest BCUT2D eigenvalue weighted by molar-refractivity contribution is -0.160. The monoisotopic (exact) mass is 399 g/mol. The van der Waals surface area contributed by atoms with Gasteiger partial charge in [0.1, 0.15) is 0 Å². The highest BCUT2D eigenvalue weighted by Crippen LogP contribution is 2.27. The van der Waals surface area contributed by atoms with E-state index >= 15 is 0 Å². The lowest BCUT2D eigenvalue weighted by Crippen LogP contribution is -2.61. The van der Waals surface area contributed by atoms with Gasteiger partial charge >= 0.3 is 0 Å². The first-order valence-electron chi connectivity index (χ1n) is 11.7. The molecule has 1 amide bonds. The highest BCUT2D eigenvalue weighted by Gasteiger charge is 2.43. The van der Waals surface area contributed by atoms with E-state index in [4.69, 9.17) is 0 Å². The standard InChI is InChI=1S/C24H37N3O2/c28-23-24(29,20-25-16-18-26(19-17-25)22-11-4-5-12-22)13-7-15-27(23)14-6-10-21-8-2-1-3-9-21/h1-3,8-9,22,29H,4-7,10-20H2. The molecule has 5 nitrogen and oxygen atoms in total. The molecule has 2 saturated heterocycles. The van der Waals surface area contributed by atoms with Crippen LogP contribution in [0.25, 0.3) is 0 Å². The first-order valence-corrected chi connectivity index (χ1v) is 11.7. The van der Waals surface area contributed by atoms with Gasteiger partial charge in [-0.3, -0.25) is 14.6 Å². The second kappa shape index (κ2) is 9.59. The highest BCUT2D eigenvalue weighted by molar-refractivity contribution is 5.86. The van der Waals surface area contributed by atoms with Crippen molar-refractivity contribution in [1.29, 1.82) is 0 Å². The number of hydrogen-bond acceptors (Lipinski definition) is 4. The van der Waals surface area contributed by atoms with Crippen molar-refractivity contribution in [3.63, 3.8) is 0 Å². The minimum Gasteiger partial charge on any atom is -0.379 e. The lowest BCUT2D eigenvalue weighted by atomic mass is 9.90. The Morgan fingerprint density at radius 2 is 1.69 bits per heavy atom. The van der Waals surface area contributed by atoms with Crippen LogP contribution in [0.2, 0.25) is 0 Å². The fraction of sp³-hybridized carbons (Fsp3) is 0.708. The maximum absolute atomic E-state index is 13.1. The van der Waals surface area contributed by atoms with Crippen molar-refractivity contribution in [3.8, 4) is 0 Å². The average Bonchev–Trinajstić information content (AvgIpc) is 3.28. The van der Waals surface area contributed by atoms with E-state index in [9.17, 15) is 9.90 Å². The molecule has 1 saturated carbocycles. The number of likely N-dealkylation sites (tertiary alicyclic amines) is 1. The molecule has 160 valence electrons. The van der Waals surface area contributed by atoms with E-state index in [2.05, 4.69) is 34.1 Å². The average molecular weight is 400 g/mol. The number of carbonyl (C=O) groups is 1. The number of benzene rings is 1. The molecule has 3 fully saturated rings. The molecule has 1 aromatic carbocycles. The zero-order valence-electron chi connectivity index (χ0n) is 17.8. The Bertz CT molecular complexity index is 653. The van der Waals surface area contributed by atoms with Crippen molar-refractivity contribution in [2.45, 2.75) is 63.0 Å². The number of carbonyl (C=O) groups excluding carboxylic acids is 1. The predicted molar refractivity (Wildman–Crippen MR) is 116 cm³/mol. The second-order valence-corrected chi connectivity index (χ2v) is 9.27. The van der Waals surface area contributed by atoms with Crippen molar-refractivity contribution in [3.05, 3.63) is 35.9 Å². The fourth-order valence-corrected chi connectivity index (χ4v) is 5.47. The third-order valence-corrected chi connectivity index (χ3v) is 7.17. The van der Waals surface area contributed by atoms with Crippen LogP contribution in [-0.4, -0.2) is 83.2 Å². The van der Waals surface area contributed by atoms with Crippen molar-refractivity contribution >= 4 is 5.91 Å². The van der Waals surface area contributed by atoms with Crippen LogP contribution in [0.5, 0.6) is 0 Å². The Kier molecular flexibility index (Phi) is 6.88. The summed E-state index contributed by atoms with van der Waals surface area (Å²) in [6.07, 6.45) is 8.87. The number of rotatable bonds is 7. The molecule has 0 bridgehead atoms. The molecule has 0 radical (unpaired) electrons. The molecule has 1 N–H and O–H groups in total. The second-order valence-electron chi connectivity index (χ2n) is 9.27. The van der Waals surface area contributed by atoms with E-state index in [1.165, 1.54) is 31.2 Å². The fourth-order valence-electron chi connectivity index (χ4n) is 5.47. The SMILES string of the molecule is O=C1N(CCCc2ccccc2)CCCC1(O)CN1CCN(C2CCCC2)CC1. The summed E-state index contributed by atoms with van der Waals surface area (Å²) in [6.45, 7) is 6.13. The van der Waals surface area contributed by atoms with Gasteiger partial charge in [0.25, 0.3) is 5.91 Å². The Hall–Kier alpha value is -1.43. The summed E-state index contributed by atoms with van der Waals surface area (Å²) in [6, 6.07) is 11.2. The molecule has 5 heteroatoms. The Morgan fingerprint density at radius 3 is 2.41 bits per heavy atom. The molecule has 0 spiro atoms. The van der Waals surface area contributed by atoms with Gasteiger partial charge in [0.05, 0.1) is 0 Å². The molecule has 2 heterocycles. The van der Waals surface area contributed by atoms with Crippen LogP contribution in [0.1, 0.15) is 50.5 Å². The minimum atomic E-state index is -1.19. The molecule has 3 aliphatic rings. The van der Waals surface area contributed by atoms with Gasteiger partial charge < -0.3 is 10.0 Å². The van der Waals surface area contributed by atoms with E-state index in [1.54, 1.807) is 0 Å². The van der Waals surface area contributed by atoms with E-state index in [-0.39, 0.29) is 5.91 Å². The zero-order chi connectivity index (χ0) is 20.1. The summed E-state index contributed by atoms with van der Waals surface area (Å²) < 4.78 is 0. The Morgan fingerprint density at radius 1 is 0.966 bits per heavy atom. The highest BCUT2D eigenvalue weighted by atomic mass is 16.3. The van der Waals surface area contributed by atoms with Crippen LogP contribution in [-0.2, 0) is 11.2 Å². The molecule has 4 rings (SSSR count). The number of piperazine rings is 1. The van der Waals surface area contributed by atoms with Gasteiger partial charge in [-0.05, 0) is 44.1 Å². The van der Waals surface area contributed by atoms with Crippen molar-refractivity contribution in [2.75, 3.05) is 45.8 Å². The van der Waals surface area contributed by atoms with Gasteiger partial charge in [-0.2, -0.15) is 0 Å². The number of piperidine rings is 1. The quantitative estimate of drug-likeness (QED) is 0.765. The van der Waals surface area contributed by atoms with E-state index in [0.717, 1.165) is 64.6 Å². The van der Waals surface area contributed by atoms with Gasteiger partial charge in [-0.15, -0.1) is 0 Å². The minimum absolute atomic E-state index is 0.0463. The van der Waals surface area contributed by atoms with Crippen LogP contribution in [0.4, 0.5) is 0 Å². The van der Waals surface area contributed by atoms with Crippen LogP contribution in [0, 0.1) is 0 Å². The predicted octanol–water partition coefficient (Wildman–Crippen LogP) is 2.53. The van der Waals surface area contributed by atoms with Gasteiger partial charge in [-0.25, -0.2) is 0 Å². The molecule has 29 heavy (non-hydrogen) atoms. The van der Waals surface area contributed by atoms with Gasteiger partial charge in [-0.1, -0.05) is 43.2 Å². The Labute approximate surface area is 175 Å². The molecule has 2 aliphatic heterocycles. The van der Waals surface area contributed by atoms with Crippen LogP contribution in [0.3, 0.4) is 0 Å². The van der Waals surface area contributed by atoms with E-state index < -0.39 is 5.60 Å². The third kappa shape index (κ3) is 5.19. The number of nitrogens with zero attached hydrogens (tertiary/aromatic N) is 3. The van der Waals surface area contributed by atoms with Crippen molar-refractivity contribution in [1.82, 2.24) is 14.7 Å². The number of β-amino-alcohol motifs (C(OH)–C–C–N with tert-alkyl or cyclic N) is 1. The maximum atomic E-state index is 13.1. The van der Waals surface area contributed by atoms with Crippen LogP contribution < -0.4 is 0 Å². The van der Waals surface area contributed by atoms with Crippen molar-refractivity contribution in [2.24, 2.45) is 0 Å². The van der Waals surface area contributed by atoms with Gasteiger partial charge in [0.15, 0.2) is 5.60 Å². The van der Waals surface area contributed by atoms with Crippen LogP contribution >= 0.6 is 0 Å². The number of amides is 1. The molecule has 1 atom stereocenters. The van der Waals surface area contributed by atoms with Crippen molar-refractivity contribution < 1.29 is 9.90 Å². The van der Waals surface area contributed by atoms with Gasteiger partial charge in [0, 0.05) is 51.9 Å². The first kappa shape index (κ1) is 20.8. The van der Waals surface area contributed by atoms with Crippen LogP contribution in [0.15, 0.2) is 30.3 Å². The maximum Gasteiger partial charge on any atom is 0.255 e. The number of hydrogen-bond donors (Lipinski definition) is 1. The Balaban J connectivity index is 1.25. The summed E-state index contributed by atoms with van der Waals surface area (Å²) in [5.74, 6) is -0.0463. The van der Waals surface area contributed by atoms with E-state index in [0.29, 0.717) is 13.0 Å². The smallest absolute Gasteiger partial charge is 0.255 e. The topological polar surface area (TPSA) is 47.0 Å². The van der Waals surface area contributed by atoms with E-state index in [1.807, 2.05) is 11.0 Å². The first-order chi connectivity index (χ1) is 14.1. The summed E-state index contributed by atoms with van der Waals surface area (Å²) in [7, 11) is 0. The molecule has 1 aliphatic carbocycles. The number of aryl methyl sites for hydroxylation is 1. The molecule has 1 unspecified atom stereocenters. The normalized spacial score (nSPS) is 27.6. The number of aliphatic hydroxyl groups is 1. The summed E-state index contributed by atoms with van der Waals surface area (Å²) in [5, 5.41) is 11.2. The van der Waals surface area contributed by atoms with Gasteiger partial charge in [0.2, 0.25) is 0 Å². The largest absolute Gasteiger partial charge is 0.379 e. The summed E-state index contributed by atoms with van der Waals surface area (Å²) >= 11 is 0. The molecular formula is C24H37N3O2. The lowest BCUT2D eigenvalue weighted by Gasteiger charge is -2.44.